The van der Waals surface area contributed by atoms with E-state index in [9.17, 15) is 10.1 Å². The van der Waals surface area contributed by atoms with Crippen molar-refractivity contribution in [3.63, 3.8) is 0 Å². The van der Waals surface area contributed by atoms with E-state index in [1.165, 1.54) is 0 Å². The Labute approximate surface area is 124 Å². The summed E-state index contributed by atoms with van der Waals surface area (Å²) in [6, 6.07) is 9.73. The van der Waals surface area contributed by atoms with Crippen molar-refractivity contribution >= 4 is 5.91 Å². The zero-order valence-electron chi connectivity index (χ0n) is 12.4. The van der Waals surface area contributed by atoms with Crippen molar-refractivity contribution in [3.8, 4) is 11.8 Å². The average molecular weight is 288 g/mol. The number of nitriles is 1. The van der Waals surface area contributed by atoms with Crippen molar-refractivity contribution in [1.82, 2.24) is 5.32 Å². The highest BCUT2D eigenvalue weighted by Crippen LogP contribution is 2.20. The summed E-state index contributed by atoms with van der Waals surface area (Å²) in [5.74, 6) is 0.371. The highest BCUT2D eigenvalue weighted by molar-refractivity contribution is 5.82. The Morgan fingerprint density at radius 1 is 1.48 bits per heavy atom. The number of carbonyl (C=O) groups is 1. The van der Waals surface area contributed by atoms with E-state index in [1.54, 1.807) is 6.92 Å². The Kier molecular flexibility index (Phi) is 4.81. The summed E-state index contributed by atoms with van der Waals surface area (Å²) in [5.41, 5.74) is 0.234. The van der Waals surface area contributed by atoms with Gasteiger partial charge in [-0.05, 0) is 31.5 Å². The van der Waals surface area contributed by atoms with Crippen LogP contribution in [0.25, 0.3) is 0 Å². The third-order valence-corrected chi connectivity index (χ3v) is 3.59. The first-order chi connectivity index (χ1) is 10.0. The maximum Gasteiger partial charge on any atom is 0.262 e. The number of amides is 1. The Morgan fingerprint density at radius 2 is 2.19 bits per heavy atom. The Balaban J connectivity index is 1.97. The summed E-state index contributed by atoms with van der Waals surface area (Å²) < 4.78 is 10.9. The van der Waals surface area contributed by atoms with Crippen molar-refractivity contribution in [2.24, 2.45) is 0 Å². The zero-order chi connectivity index (χ0) is 15.3. The highest BCUT2D eigenvalue weighted by atomic mass is 16.5. The maximum absolute atomic E-state index is 12.2. The Morgan fingerprint density at radius 3 is 2.81 bits per heavy atom. The number of hydrogen-bond donors (Lipinski definition) is 1. The first-order valence-corrected chi connectivity index (χ1v) is 7.09. The Bertz CT molecular complexity index is 545. The Hall–Kier alpha value is -2.06. The zero-order valence-corrected chi connectivity index (χ0v) is 12.4. The molecule has 21 heavy (non-hydrogen) atoms. The molecule has 1 atom stereocenters. The minimum absolute atomic E-state index is 0.278. The van der Waals surface area contributed by atoms with Gasteiger partial charge in [-0.2, -0.15) is 5.26 Å². The fourth-order valence-electron chi connectivity index (χ4n) is 2.27. The van der Waals surface area contributed by atoms with E-state index in [0.717, 1.165) is 5.56 Å². The summed E-state index contributed by atoms with van der Waals surface area (Å²) in [4.78, 5) is 12.2. The third-order valence-electron chi connectivity index (χ3n) is 3.59. The van der Waals surface area contributed by atoms with Gasteiger partial charge in [0.05, 0.1) is 6.07 Å². The predicted octanol–water partition coefficient (Wildman–Crippen LogP) is 1.95. The van der Waals surface area contributed by atoms with Crippen molar-refractivity contribution in [2.45, 2.75) is 38.3 Å². The van der Waals surface area contributed by atoms with E-state index >= 15 is 0 Å². The van der Waals surface area contributed by atoms with Gasteiger partial charge in [-0.15, -0.1) is 0 Å². The summed E-state index contributed by atoms with van der Waals surface area (Å²) in [6.07, 6.45) is 0.360. The topological polar surface area (TPSA) is 71.3 Å². The number of ether oxygens (including phenoxy) is 2. The number of aryl methyl sites for hydroxylation is 1. The van der Waals surface area contributed by atoms with Crippen LogP contribution < -0.4 is 10.1 Å². The molecule has 0 saturated carbocycles. The van der Waals surface area contributed by atoms with Crippen molar-refractivity contribution < 1.29 is 14.3 Å². The van der Waals surface area contributed by atoms with E-state index in [1.807, 2.05) is 31.2 Å². The van der Waals surface area contributed by atoms with Crippen LogP contribution in [0.15, 0.2) is 24.3 Å². The van der Waals surface area contributed by atoms with Crippen LogP contribution in [0.3, 0.4) is 0 Å². The smallest absolute Gasteiger partial charge is 0.262 e. The summed E-state index contributed by atoms with van der Waals surface area (Å²) >= 11 is 0. The molecule has 112 valence electrons. The van der Waals surface area contributed by atoms with Crippen LogP contribution in [0, 0.1) is 18.3 Å². The van der Waals surface area contributed by atoms with E-state index in [-0.39, 0.29) is 5.91 Å². The van der Waals surface area contributed by atoms with Crippen LogP contribution in [0.5, 0.6) is 5.75 Å². The molecule has 1 fully saturated rings. The SMILES string of the molecule is Cc1cccc(O[C@H](C)C(=O)NC2(C#N)CCOCC2)c1. The largest absolute Gasteiger partial charge is 0.481 e. The molecule has 1 heterocycles. The van der Waals surface area contributed by atoms with Gasteiger partial charge in [0, 0.05) is 26.1 Å². The molecule has 0 spiro atoms. The molecule has 1 aromatic carbocycles. The van der Waals surface area contributed by atoms with Crippen LogP contribution >= 0.6 is 0 Å². The van der Waals surface area contributed by atoms with E-state index < -0.39 is 11.6 Å². The molecule has 0 bridgehead atoms. The number of rotatable bonds is 4. The quantitative estimate of drug-likeness (QED) is 0.919. The lowest BCUT2D eigenvalue weighted by Crippen LogP contribution is -2.54. The van der Waals surface area contributed by atoms with Crippen molar-refractivity contribution in [3.05, 3.63) is 29.8 Å². The molecule has 1 aromatic rings. The van der Waals surface area contributed by atoms with Gasteiger partial charge in [-0.25, -0.2) is 0 Å². The molecule has 1 aliphatic heterocycles. The summed E-state index contributed by atoms with van der Waals surface area (Å²) in [5, 5.41) is 12.1. The number of benzene rings is 1. The minimum atomic E-state index is -0.834. The summed E-state index contributed by atoms with van der Waals surface area (Å²) in [6.45, 7) is 4.62. The van der Waals surface area contributed by atoms with E-state index in [4.69, 9.17) is 9.47 Å². The molecule has 0 radical (unpaired) electrons. The van der Waals surface area contributed by atoms with Crippen LogP contribution in [0.1, 0.15) is 25.3 Å². The molecule has 5 heteroatoms. The lowest BCUT2D eigenvalue weighted by molar-refractivity contribution is -0.129. The van der Waals surface area contributed by atoms with Gasteiger partial charge in [-0.1, -0.05) is 12.1 Å². The standard InChI is InChI=1S/C16H20N2O3/c1-12-4-3-5-14(10-12)21-13(2)15(19)18-16(11-17)6-8-20-9-7-16/h3-5,10,13H,6-9H2,1-2H3,(H,18,19)/t13-/m1/s1. The number of carbonyl (C=O) groups excluding carboxylic acids is 1. The van der Waals surface area contributed by atoms with Crippen LogP contribution in [0.4, 0.5) is 0 Å². The van der Waals surface area contributed by atoms with E-state index in [2.05, 4.69) is 11.4 Å². The minimum Gasteiger partial charge on any atom is -0.481 e. The lowest BCUT2D eigenvalue weighted by Gasteiger charge is -2.32. The molecule has 1 amide bonds. The fraction of sp³-hybridized carbons (Fsp3) is 0.500. The monoisotopic (exact) mass is 288 g/mol. The van der Waals surface area contributed by atoms with Crippen LogP contribution in [-0.2, 0) is 9.53 Å². The number of nitrogens with zero attached hydrogens (tertiary/aromatic N) is 1. The molecule has 1 N–H and O–H groups in total. The molecule has 1 saturated heterocycles. The number of nitrogens with one attached hydrogen (secondary N) is 1. The van der Waals surface area contributed by atoms with Crippen LogP contribution in [0.2, 0.25) is 0 Å². The molecule has 5 nitrogen and oxygen atoms in total. The van der Waals surface area contributed by atoms with Crippen molar-refractivity contribution in [2.75, 3.05) is 13.2 Å². The van der Waals surface area contributed by atoms with Gasteiger partial charge in [0.15, 0.2) is 6.10 Å². The maximum atomic E-state index is 12.2. The molecule has 0 aliphatic carbocycles. The fourth-order valence-corrected chi connectivity index (χ4v) is 2.27. The van der Waals surface area contributed by atoms with Gasteiger partial charge in [0.2, 0.25) is 0 Å². The highest BCUT2D eigenvalue weighted by Gasteiger charge is 2.35. The first-order valence-electron chi connectivity index (χ1n) is 7.09. The van der Waals surface area contributed by atoms with Gasteiger partial charge >= 0.3 is 0 Å². The molecule has 0 aromatic heterocycles. The van der Waals surface area contributed by atoms with Gasteiger partial charge in [0.25, 0.3) is 5.91 Å². The third kappa shape index (κ3) is 3.96. The molecule has 1 aliphatic rings. The second kappa shape index (κ2) is 6.59. The molecule has 2 rings (SSSR count). The molecular weight excluding hydrogens is 268 g/mol. The second-order valence-electron chi connectivity index (χ2n) is 5.37. The lowest BCUT2D eigenvalue weighted by atomic mass is 9.91. The van der Waals surface area contributed by atoms with Gasteiger partial charge in [0.1, 0.15) is 11.3 Å². The first kappa shape index (κ1) is 15.3. The normalized spacial score (nSPS) is 18.3. The summed E-state index contributed by atoms with van der Waals surface area (Å²) in [7, 11) is 0. The predicted molar refractivity (Wildman–Crippen MR) is 77.8 cm³/mol. The average Bonchev–Trinajstić information content (AvgIpc) is 2.48. The molecular formula is C16H20N2O3. The van der Waals surface area contributed by atoms with Gasteiger partial charge in [-0.3, -0.25) is 4.79 Å². The van der Waals surface area contributed by atoms with E-state index in [0.29, 0.717) is 31.8 Å². The molecule has 0 unspecified atom stereocenters. The van der Waals surface area contributed by atoms with Crippen molar-refractivity contribution in [1.29, 1.82) is 5.26 Å². The van der Waals surface area contributed by atoms with Crippen LogP contribution in [-0.4, -0.2) is 30.8 Å². The van der Waals surface area contributed by atoms with Gasteiger partial charge < -0.3 is 14.8 Å². The second-order valence-corrected chi connectivity index (χ2v) is 5.37. The number of hydrogen-bond acceptors (Lipinski definition) is 4.